The van der Waals surface area contributed by atoms with Crippen LogP contribution in [0.25, 0.3) is 10.9 Å². The lowest BCUT2D eigenvalue weighted by atomic mass is 10.0. The van der Waals surface area contributed by atoms with E-state index < -0.39 is 5.91 Å². The number of fused-ring (bicyclic) bond motifs is 1. The predicted molar refractivity (Wildman–Crippen MR) is 125 cm³/mol. The van der Waals surface area contributed by atoms with E-state index in [1.807, 2.05) is 58.0 Å². The minimum Gasteiger partial charge on any atom is -0.358 e. The molecule has 3 rings (SSSR count). The van der Waals surface area contributed by atoms with Crippen LogP contribution in [0.2, 0.25) is 0 Å². The fourth-order valence-electron chi connectivity index (χ4n) is 3.84. The Hall–Kier alpha value is -3.61. The standard InChI is InChI=1S/C25H30N4O3/c1-15-12-16(2)25-21(13-15)20(18(4)27-25)14-24(32)29-28-23(31)11-10-22(30)26-17(3)19-8-6-5-7-9-19/h5-9,12-13,17,27H,10-11,14H2,1-4H3,(H,26,30)(H,28,31)(H,29,32). The molecule has 3 aromatic rings. The van der Waals surface area contributed by atoms with Crippen molar-refractivity contribution in [1.82, 2.24) is 21.2 Å². The van der Waals surface area contributed by atoms with Crippen molar-refractivity contribution in [2.24, 2.45) is 0 Å². The van der Waals surface area contributed by atoms with Gasteiger partial charge >= 0.3 is 0 Å². The molecule has 0 aliphatic rings. The summed E-state index contributed by atoms with van der Waals surface area (Å²) in [5.74, 6) is -0.949. The average Bonchev–Trinajstić information content (AvgIpc) is 3.07. The van der Waals surface area contributed by atoms with Crippen molar-refractivity contribution in [2.75, 3.05) is 0 Å². The Balaban J connectivity index is 1.46. The fourth-order valence-corrected chi connectivity index (χ4v) is 3.84. The van der Waals surface area contributed by atoms with E-state index in [1.54, 1.807) is 0 Å². The minimum atomic E-state index is -0.414. The Kier molecular flexibility index (Phi) is 7.30. The van der Waals surface area contributed by atoms with Gasteiger partial charge in [0.25, 0.3) is 0 Å². The first-order valence-corrected chi connectivity index (χ1v) is 10.7. The van der Waals surface area contributed by atoms with Crippen molar-refractivity contribution >= 4 is 28.6 Å². The molecule has 0 aliphatic heterocycles. The molecule has 0 aliphatic carbocycles. The zero-order valence-corrected chi connectivity index (χ0v) is 19.0. The van der Waals surface area contributed by atoms with Crippen LogP contribution in [0.15, 0.2) is 42.5 Å². The summed E-state index contributed by atoms with van der Waals surface area (Å²) in [5.41, 5.74) is 11.0. The third kappa shape index (κ3) is 5.75. The van der Waals surface area contributed by atoms with Gasteiger partial charge in [-0.3, -0.25) is 25.2 Å². The number of nitrogens with one attached hydrogen (secondary N) is 4. The van der Waals surface area contributed by atoms with Crippen molar-refractivity contribution in [3.8, 4) is 0 Å². The fraction of sp³-hybridized carbons (Fsp3) is 0.320. The molecule has 0 spiro atoms. The Morgan fingerprint density at radius 1 is 0.906 bits per heavy atom. The number of rotatable bonds is 7. The van der Waals surface area contributed by atoms with E-state index in [9.17, 15) is 14.4 Å². The summed E-state index contributed by atoms with van der Waals surface area (Å²) >= 11 is 0. The number of hydrazine groups is 1. The second-order valence-electron chi connectivity index (χ2n) is 8.21. The van der Waals surface area contributed by atoms with Crippen LogP contribution in [0.5, 0.6) is 0 Å². The summed E-state index contributed by atoms with van der Waals surface area (Å²) in [6.07, 6.45) is 0.168. The van der Waals surface area contributed by atoms with Gasteiger partial charge in [0.2, 0.25) is 17.7 Å². The molecule has 2 aromatic carbocycles. The van der Waals surface area contributed by atoms with Crippen molar-refractivity contribution in [3.05, 3.63) is 70.4 Å². The van der Waals surface area contributed by atoms with E-state index in [2.05, 4.69) is 33.3 Å². The van der Waals surface area contributed by atoms with Crippen LogP contribution in [-0.2, 0) is 20.8 Å². The van der Waals surface area contributed by atoms with E-state index in [4.69, 9.17) is 0 Å². The zero-order valence-electron chi connectivity index (χ0n) is 19.0. The first kappa shape index (κ1) is 23.1. The summed E-state index contributed by atoms with van der Waals surface area (Å²) in [6.45, 7) is 7.88. The predicted octanol–water partition coefficient (Wildman–Crippen LogP) is 3.44. The van der Waals surface area contributed by atoms with E-state index in [0.717, 1.165) is 38.9 Å². The monoisotopic (exact) mass is 434 g/mol. The highest BCUT2D eigenvalue weighted by molar-refractivity contribution is 5.93. The lowest BCUT2D eigenvalue weighted by molar-refractivity contribution is -0.130. The summed E-state index contributed by atoms with van der Waals surface area (Å²) in [6, 6.07) is 13.6. The van der Waals surface area contributed by atoms with Gasteiger partial charge in [-0.1, -0.05) is 42.0 Å². The largest absolute Gasteiger partial charge is 0.358 e. The summed E-state index contributed by atoms with van der Waals surface area (Å²) in [5, 5.41) is 3.89. The van der Waals surface area contributed by atoms with E-state index in [0.29, 0.717) is 0 Å². The number of H-pyrrole nitrogens is 1. The highest BCUT2D eigenvalue weighted by atomic mass is 16.2. The molecule has 7 nitrogen and oxygen atoms in total. The number of aromatic amines is 1. The molecule has 1 heterocycles. The number of hydrogen-bond donors (Lipinski definition) is 4. The average molecular weight is 435 g/mol. The van der Waals surface area contributed by atoms with Gasteiger partial charge in [-0.25, -0.2) is 0 Å². The molecule has 4 N–H and O–H groups in total. The van der Waals surface area contributed by atoms with Crippen LogP contribution in [-0.4, -0.2) is 22.7 Å². The van der Waals surface area contributed by atoms with Crippen molar-refractivity contribution in [1.29, 1.82) is 0 Å². The van der Waals surface area contributed by atoms with Gasteiger partial charge in [0.15, 0.2) is 0 Å². The van der Waals surface area contributed by atoms with Crippen molar-refractivity contribution < 1.29 is 14.4 Å². The lowest BCUT2D eigenvalue weighted by Crippen LogP contribution is -2.42. The van der Waals surface area contributed by atoms with Gasteiger partial charge in [-0.05, 0) is 50.5 Å². The Bertz CT molecular complexity index is 1140. The number of benzene rings is 2. The third-order valence-corrected chi connectivity index (χ3v) is 5.51. The van der Waals surface area contributed by atoms with Gasteiger partial charge in [-0.15, -0.1) is 0 Å². The van der Waals surface area contributed by atoms with Crippen LogP contribution in [0.1, 0.15) is 53.8 Å². The second kappa shape index (κ2) is 10.1. The highest BCUT2D eigenvalue weighted by Gasteiger charge is 2.15. The number of hydrogen-bond acceptors (Lipinski definition) is 3. The van der Waals surface area contributed by atoms with Crippen LogP contribution < -0.4 is 16.2 Å². The maximum Gasteiger partial charge on any atom is 0.242 e. The molecule has 3 amide bonds. The number of carbonyl (C=O) groups is 3. The quantitative estimate of drug-likeness (QED) is 0.428. The normalized spacial score (nSPS) is 11.8. The number of aromatic nitrogens is 1. The maximum atomic E-state index is 12.4. The maximum absolute atomic E-state index is 12.4. The van der Waals surface area contributed by atoms with Gasteiger partial charge in [0.05, 0.1) is 12.5 Å². The Morgan fingerprint density at radius 2 is 1.56 bits per heavy atom. The van der Waals surface area contributed by atoms with E-state index in [-0.39, 0.29) is 37.1 Å². The SMILES string of the molecule is Cc1cc(C)c2[nH]c(C)c(CC(=O)NNC(=O)CCC(=O)NC(C)c3ccccc3)c2c1. The first-order valence-electron chi connectivity index (χ1n) is 10.7. The Morgan fingerprint density at radius 3 is 2.28 bits per heavy atom. The molecule has 7 heteroatoms. The van der Waals surface area contributed by atoms with E-state index in [1.165, 1.54) is 0 Å². The summed E-state index contributed by atoms with van der Waals surface area (Å²) in [7, 11) is 0. The number of amides is 3. The van der Waals surface area contributed by atoms with Gasteiger partial charge in [0, 0.05) is 29.4 Å². The zero-order chi connectivity index (χ0) is 23.3. The molecule has 0 bridgehead atoms. The van der Waals surface area contributed by atoms with Crippen molar-refractivity contribution in [2.45, 2.75) is 53.0 Å². The number of carbonyl (C=O) groups excluding carboxylic acids is 3. The van der Waals surface area contributed by atoms with Gasteiger partial charge < -0.3 is 10.3 Å². The van der Waals surface area contributed by atoms with Crippen LogP contribution in [0.3, 0.4) is 0 Å². The lowest BCUT2D eigenvalue weighted by Gasteiger charge is -2.14. The van der Waals surface area contributed by atoms with Crippen LogP contribution in [0, 0.1) is 20.8 Å². The van der Waals surface area contributed by atoms with Crippen LogP contribution in [0.4, 0.5) is 0 Å². The van der Waals surface area contributed by atoms with Crippen molar-refractivity contribution in [3.63, 3.8) is 0 Å². The molecule has 168 valence electrons. The Labute approximate surface area is 187 Å². The van der Waals surface area contributed by atoms with Gasteiger partial charge in [-0.2, -0.15) is 0 Å². The topological polar surface area (TPSA) is 103 Å². The molecule has 0 fully saturated rings. The first-order chi connectivity index (χ1) is 15.2. The molecule has 32 heavy (non-hydrogen) atoms. The highest BCUT2D eigenvalue weighted by Crippen LogP contribution is 2.26. The number of aryl methyl sites for hydroxylation is 3. The third-order valence-electron chi connectivity index (χ3n) is 5.51. The van der Waals surface area contributed by atoms with Crippen LogP contribution >= 0.6 is 0 Å². The smallest absolute Gasteiger partial charge is 0.242 e. The van der Waals surface area contributed by atoms with E-state index >= 15 is 0 Å². The molecular weight excluding hydrogens is 404 g/mol. The second-order valence-corrected chi connectivity index (χ2v) is 8.21. The molecule has 1 unspecified atom stereocenters. The molecule has 1 atom stereocenters. The molecule has 0 radical (unpaired) electrons. The summed E-state index contributed by atoms with van der Waals surface area (Å²) < 4.78 is 0. The molecule has 1 aromatic heterocycles. The van der Waals surface area contributed by atoms with Gasteiger partial charge in [0.1, 0.15) is 0 Å². The summed E-state index contributed by atoms with van der Waals surface area (Å²) in [4.78, 5) is 39.9. The molecule has 0 saturated carbocycles. The minimum absolute atomic E-state index is 0.0157. The molecule has 0 saturated heterocycles. The molecular formula is C25H30N4O3.